The van der Waals surface area contributed by atoms with Gasteiger partial charge in [-0.3, -0.25) is 9.69 Å². The van der Waals surface area contributed by atoms with Crippen molar-refractivity contribution in [2.24, 2.45) is 0 Å². The van der Waals surface area contributed by atoms with Gasteiger partial charge in [-0.05, 0) is 30.0 Å². The number of carbonyl (C=O) groups excluding carboxylic acids is 1. The Morgan fingerprint density at radius 2 is 2.27 bits per heavy atom. The molecule has 0 radical (unpaired) electrons. The molecule has 0 spiro atoms. The summed E-state index contributed by atoms with van der Waals surface area (Å²) in [5.41, 5.74) is 0.881. The Bertz CT molecular complexity index is 509. The Balaban J connectivity index is 1.83. The molecule has 0 bridgehead atoms. The lowest BCUT2D eigenvalue weighted by Crippen LogP contribution is -2.47. The summed E-state index contributed by atoms with van der Waals surface area (Å²) in [7, 11) is 1.83. The van der Waals surface area contributed by atoms with Gasteiger partial charge in [-0.15, -0.1) is 11.3 Å². The number of thiophene rings is 1. The standard InChI is InChI=1S/C16H24N2O3S/c1-13(18-5-7-21-8-6-18)10-17(2)16(20)4-3-15-9-14(11-19)12-22-15/h3-4,9,12-13,19H,5-8,10-11H2,1-2H3/b4-3+. The lowest BCUT2D eigenvalue weighted by atomic mass is 10.2. The van der Waals surface area contributed by atoms with Crippen molar-refractivity contribution in [2.75, 3.05) is 39.9 Å². The summed E-state index contributed by atoms with van der Waals surface area (Å²) < 4.78 is 5.35. The van der Waals surface area contributed by atoms with Crippen LogP contribution < -0.4 is 0 Å². The van der Waals surface area contributed by atoms with Crippen molar-refractivity contribution in [1.29, 1.82) is 0 Å². The number of likely N-dealkylation sites (N-methyl/N-ethyl adjacent to an activating group) is 1. The molecular formula is C16H24N2O3S. The summed E-state index contributed by atoms with van der Waals surface area (Å²) in [6.07, 6.45) is 3.40. The molecule has 22 heavy (non-hydrogen) atoms. The third-order valence-electron chi connectivity index (χ3n) is 3.83. The molecule has 1 aromatic rings. The second-order valence-electron chi connectivity index (χ2n) is 5.56. The highest BCUT2D eigenvalue weighted by Gasteiger charge is 2.19. The van der Waals surface area contributed by atoms with Crippen LogP contribution in [-0.4, -0.2) is 66.8 Å². The molecule has 1 amide bonds. The molecule has 1 atom stereocenters. The maximum Gasteiger partial charge on any atom is 0.246 e. The van der Waals surface area contributed by atoms with E-state index in [0.717, 1.165) is 36.7 Å². The first-order valence-corrected chi connectivity index (χ1v) is 8.41. The van der Waals surface area contributed by atoms with Gasteiger partial charge in [0.1, 0.15) is 0 Å². The fourth-order valence-corrected chi connectivity index (χ4v) is 3.26. The second kappa shape index (κ2) is 8.43. The average Bonchev–Trinajstić information content (AvgIpc) is 3.01. The lowest BCUT2D eigenvalue weighted by molar-refractivity contribution is -0.125. The Hall–Kier alpha value is -1.21. The van der Waals surface area contributed by atoms with Gasteiger partial charge in [0.05, 0.1) is 19.8 Å². The van der Waals surface area contributed by atoms with Crippen LogP contribution >= 0.6 is 11.3 Å². The molecule has 122 valence electrons. The van der Waals surface area contributed by atoms with Crippen molar-refractivity contribution in [3.8, 4) is 0 Å². The smallest absolute Gasteiger partial charge is 0.246 e. The molecule has 0 aliphatic carbocycles. The Labute approximate surface area is 135 Å². The van der Waals surface area contributed by atoms with Crippen LogP contribution in [0.1, 0.15) is 17.4 Å². The fraction of sp³-hybridized carbons (Fsp3) is 0.562. The maximum absolute atomic E-state index is 12.2. The van der Waals surface area contributed by atoms with Crippen molar-refractivity contribution in [2.45, 2.75) is 19.6 Å². The van der Waals surface area contributed by atoms with E-state index in [1.165, 1.54) is 11.3 Å². The van der Waals surface area contributed by atoms with Crippen LogP contribution in [0.15, 0.2) is 17.5 Å². The van der Waals surface area contributed by atoms with Crippen LogP contribution in [-0.2, 0) is 16.1 Å². The SMILES string of the molecule is CC(CN(C)C(=O)/C=C/c1cc(CO)cs1)N1CCOCC1. The van der Waals surface area contributed by atoms with E-state index < -0.39 is 0 Å². The molecule has 1 saturated heterocycles. The van der Waals surface area contributed by atoms with Crippen molar-refractivity contribution >= 4 is 23.3 Å². The van der Waals surface area contributed by atoms with E-state index in [4.69, 9.17) is 9.84 Å². The monoisotopic (exact) mass is 324 g/mol. The Morgan fingerprint density at radius 1 is 1.55 bits per heavy atom. The number of aliphatic hydroxyl groups excluding tert-OH is 1. The van der Waals surface area contributed by atoms with Crippen molar-refractivity contribution in [3.63, 3.8) is 0 Å². The third-order valence-corrected chi connectivity index (χ3v) is 4.78. The number of hydrogen-bond acceptors (Lipinski definition) is 5. The van der Waals surface area contributed by atoms with Gasteiger partial charge in [-0.2, -0.15) is 0 Å². The zero-order valence-corrected chi connectivity index (χ0v) is 14.0. The first kappa shape index (κ1) is 17.1. The van der Waals surface area contributed by atoms with E-state index in [0.29, 0.717) is 12.6 Å². The van der Waals surface area contributed by atoms with Gasteiger partial charge in [0, 0.05) is 43.7 Å². The lowest BCUT2D eigenvalue weighted by Gasteiger charge is -2.34. The van der Waals surface area contributed by atoms with Gasteiger partial charge < -0.3 is 14.7 Å². The number of rotatable bonds is 6. The molecule has 6 heteroatoms. The van der Waals surface area contributed by atoms with Crippen LogP contribution in [0, 0.1) is 0 Å². The van der Waals surface area contributed by atoms with Gasteiger partial charge >= 0.3 is 0 Å². The highest BCUT2D eigenvalue weighted by Crippen LogP contribution is 2.16. The fourth-order valence-electron chi connectivity index (χ4n) is 2.47. The molecule has 0 aromatic carbocycles. The molecule has 1 aliphatic heterocycles. The average molecular weight is 324 g/mol. The summed E-state index contributed by atoms with van der Waals surface area (Å²) in [6.45, 7) is 6.29. The van der Waals surface area contributed by atoms with Crippen LogP contribution in [0.25, 0.3) is 6.08 Å². The van der Waals surface area contributed by atoms with E-state index >= 15 is 0 Å². The minimum absolute atomic E-state index is 0.000872. The van der Waals surface area contributed by atoms with E-state index in [-0.39, 0.29) is 12.5 Å². The highest BCUT2D eigenvalue weighted by molar-refractivity contribution is 7.11. The summed E-state index contributed by atoms with van der Waals surface area (Å²) in [6, 6.07) is 2.22. The van der Waals surface area contributed by atoms with E-state index in [9.17, 15) is 4.79 Å². The molecule has 2 rings (SSSR count). The van der Waals surface area contributed by atoms with Gasteiger partial charge in [0.2, 0.25) is 5.91 Å². The molecule has 1 unspecified atom stereocenters. The van der Waals surface area contributed by atoms with Gasteiger partial charge in [-0.25, -0.2) is 0 Å². The maximum atomic E-state index is 12.2. The second-order valence-corrected chi connectivity index (χ2v) is 6.51. The number of morpholine rings is 1. The van der Waals surface area contributed by atoms with Gasteiger partial charge in [0.25, 0.3) is 0 Å². The normalized spacial score (nSPS) is 17.8. The number of ether oxygens (including phenoxy) is 1. The van der Waals surface area contributed by atoms with Crippen molar-refractivity contribution in [3.05, 3.63) is 28.0 Å². The minimum atomic E-state index is -0.000872. The van der Waals surface area contributed by atoms with E-state index in [1.54, 1.807) is 11.0 Å². The summed E-state index contributed by atoms with van der Waals surface area (Å²) in [5, 5.41) is 10.9. The van der Waals surface area contributed by atoms with Crippen molar-refractivity contribution < 1.29 is 14.6 Å². The number of aliphatic hydroxyl groups is 1. The largest absolute Gasteiger partial charge is 0.392 e. The Kier molecular flexibility index (Phi) is 6.57. The molecule has 0 saturated carbocycles. The molecular weight excluding hydrogens is 300 g/mol. The molecule has 2 heterocycles. The molecule has 5 nitrogen and oxygen atoms in total. The quantitative estimate of drug-likeness (QED) is 0.805. The predicted octanol–water partition coefficient (Wildman–Crippen LogP) is 1.43. The van der Waals surface area contributed by atoms with Crippen LogP contribution in [0.2, 0.25) is 0 Å². The highest BCUT2D eigenvalue weighted by atomic mass is 32.1. The van der Waals surface area contributed by atoms with Crippen LogP contribution in [0.4, 0.5) is 0 Å². The molecule has 1 aliphatic rings. The van der Waals surface area contributed by atoms with Gasteiger partial charge in [-0.1, -0.05) is 0 Å². The first-order valence-electron chi connectivity index (χ1n) is 7.53. The van der Waals surface area contributed by atoms with Crippen molar-refractivity contribution in [1.82, 2.24) is 9.80 Å². The number of hydrogen-bond donors (Lipinski definition) is 1. The van der Waals surface area contributed by atoms with Crippen LogP contribution in [0.5, 0.6) is 0 Å². The summed E-state index contributed by atoms with van der Waals surface area (Å²) in [4.78, 5) is 17.2. The molecule has 1 fully saturated rings. The van der Waals surface area contributed by atoms with Crippen LogP contribution in [0.3, 0.4) is 0 Å². The summed E-state index contributed by atoms with van der Waals surface area (Å²) in [5.74, 6) is -0.000872. The number of nitrogens with zero attached hydrogens (tertiary/aromatic N) is 2. The number of amides is 1. The number of carbonyl (C=O) groups is 1. The van der Waals surface area contributed by atoms with E-state index in [2.05, 4.69) is 11.8 Å². The first-order chi connectivity index (χ1) is 10.6. The van der Waals surface area contributed by atoms with Gasteiger partial charge in [0.15, 0.2) is 0 Å². The zero-order chi connectivity index (χ0) is 15.9. The zero-order valence-electron chi connectivity index (χ0n) is 13.2. The third kappa shape index (κ3) is 4.91. The minimum Gasteiger partial charge on any atom is -0.392 e. The topological polar surface area (TPSA) is 53.0 Å². The summed E-state index contributed by atoms with van der Waals surface area (Å²) >= 11 is 1.52. The molecule has 1 N–H and O–H groups in total. The Morgan fingerprint density at radius 3 is 2.91 bits per heavy atom. The molecule has 1 aromatic heterocycles. The van der Waals surface area contributed by atoms with E-state index in [1.807, 2.05) is 24.6 Å². The predicted molar refractivity (Wildman–Crippen MR) is 88.8 cm³/mol.